The number of ketones is 1. The first-order valence-electron chi connectivity index (χ1n) is 11.7. The van der Waals surface area contributed by atoms with E-state index in [4.69, 9.17) is 9.47 Å². The molecule has 0 fully saturated rings. The number of carbonyl (C=O) groups is 3. The van der Waals surface area contributed by atoms with Crippen LogP contribution in [0.4, 0.5) is 5.69 Å². The maximum Gasteiger partial charge on any atom is 0.340 e. The number of rotatable bonds is 11. The highest BCUT2D eigenvalue weighted by Gasteiger charge is 2.30. The monoisotopic (exact) mass is 484 g/mol. The molecule has 0 spiro atoms. The predicted molar refractivity (Wildman–Crippen MR) is 138 cm³/mol. The van der Waals surface area contributed by atoms with E-state index in [-0.39, 0.29) is 18.9 Å². The summed E-state index contributed by atoms with van der Waals surface area (Å²) in [6, 6.07) is 26.1. The molecule has 1 aromatic heterocycles. The Morgan fingerprint density at radius 2 is 1.56 bits per heavy atom. The number of amides is 1. The third-order valence-electron chi connectivity index (χ3n) is 5.98. The largest absolute Gasteiger partial charge is 0.454 e. The second-order valence-electron chi connectivity index (χ2n) is 8.40. The number of anilines is 1. The van der Waals surface area contributed by atoms with E-state index in [1.165, 1.54) is 4.90 Å². The number of ether oxygens (including phenoxy) is 2. The van der Waals surface area contributed by atoms with Crippen molar-refractivity contribution in [3.8, 4) is 0 Å². The molecule has 0 saturated heterocycles. The van der Waals surface area contributed by atoms with Crippen LogP contribution in [0, 0.1) is 5.92 Å². The number of para-hydroxylation sites is 2. The minimum Gasteiger partial charge on any atom is -0.454 e. The minimum absolute atomic E-state index is 0.173. The first kappa shape index (κ1) is 24.9. The molecule has 1 atom stereocenters. The highest BCUT2D eigenvalue weighted by atomic mass is 16.5. The molecule has 0 saturated carbocycles. The smallest absolute Gasteiger partial charge is 0.340 e. The number of nitrogens with zero attached hydrogens (tertiary/aromatic N) is 1. The highest BCUT2D eigenvalue weighted by molar-refractivity contribution is 6.09. The molecule has 0 radical (unpaired) electrons. The van der Waals surface area contributed by atoms with Crippen LogP contribution in [0.1, 0.15) is 22.3 Å². The second-order valence-corrected chi connectivity index (χ2v) is 8.40. The van der Waals surface area contributed by atoms with Crippen LogP contribution in [0.3, 0.4) is 0 Å². The van der Waals surface area contributed by atoms with Gasteiger partial charge in [0.15, 0.2) is 12.4 Å². The number of Topliss-reactive ketones (excluding diaryl/α,β-unsaturated/α-hetero) is 1. The highest BCUT2D eigenvalue weighted by Crippen LogP contribution is 2.20. The molecule has 0 aliphatic carbocycles. The summed E-state index contributed by atoms with van der Waals surface area (Å²) in [7, 11) is 1.63. The average Bonchev–Trinajstić information content (AvgIpc) is 3.36. The van der Waals surface area contributed by atoms with Crippen molar-refractivity contribution in [3.05, 3.63) is 102 Å². The zero-order valence-corrected chi connectivity index (χ0v) is 20.1. The third kappa shape index (κ3) is 6.06. The first-order valence-corrected chi connectivity index (χ1v) is 11.7. The lowest BCUT2D eigenvalue weighted by Gasteiger charge is -2.23. The van der Waals surface area contributed by atoms with Gasteiger partial charge in [-0.1, -0.05) is 66.7 Å². The van der Waals surface area contributed by atoms with Crippen LogP contribution in [0.15, 0.2) is 91.1 Å². The topological polar surface area (TPSA) is 88.7 Å². The molecule has 1 N–H and O–H groups in total. The summed E-state index contributed by atoms with van der Waals surface area (Å²) in [5.74, 6) is -2.48. The van der Waals surface area contributed by atoms with Gasteiger partial charge < -0.3 is 19.4 Å². The van der Waals surface area contributed by atoms with Gasteiger partial charge in [0.25, 0.3) is 0 Å². The number of hydrogen-bond donors (Lipinski definition) is 1. The molecule has 0 aliphatic heterocycles. The Labute approximate surface area is 209 Å². The molecule has 4 aromatic rings. The second kappa shape index (κ2) is 12.0. The Hall–Kier alpha value is -4.23. The molecular weight excluding hydrogens is 456 g/mol. The van der Waals surface area contributed by atoms with E-state index in [1.807, 2.05) is 66.7 Å². The van der Waals surface area contributed by atoms with Crippen molar-refractivity contribution < 1.29 is 23.9 Å². The fraction of sp³-hybridized carbons (Fsp3) is 0.207. The van der Waals surface area contributed by atoms with E-state index in [9.17, 15) is 14.4 Å². The summed E-state index contributed by atoms with van der Waals surface area (Å²) in [6.45, 7) is 0.0755. The van der Waals surface area contributed by atoms with E-state index in [1.54, 1.807) is 31.4 Å². The molecule has 1 amide bonds. The van der Waals surface area contributed by atoms with Gasteiger partial charge in [-0.15, -0.1) is 0 Å². The van der Waals surface area contributed by atoms with Crippen molar-refractivity contribution in [3.63, 3.8) is 0 Å². The van der Waals surface area contributed by atoms with Crippen molar-refractivity contribution in [2.75, 3.05) is 25.2 Å². The number of aromatic nitrogens is 1. The van der Waals surface area contributed by atoms with Crippen molar-refractivity contribution >= 4 is 34.3 Å². The van der Waals surface area contributed by atoms with Gasteiger partial charge in [0.05, 0.1) is 12.2 Å². The van der Waals surface area contributed by atoms with Crippen molar-refractivity contribution in [1.29, 1.82) is 0 Å². The molecule has 7 nitrogen and oxygen atoms in total. The summed E-state index contributed by atoms with van der Waals surface area (Å²) in [6.07, 6.45) is 1.73. The molecule has 0 bridgehead atoms. The maximum absolute atomic E-state index is 13.3. The van der Waals surface area contributed by atoms with Gasteiger partial charge in [0.1, 0.15) is 5.92 Å². The lowest BCUT2D eigenvalue weighted by atomic mass is 9.98. The van der Waals surface area contributed by atoms with E-state index in [0.717, 1.165) is 11.1 Å². The quantitative estimate of drug-likeness (QED) is 0.188. The van der Waals surface area contributed by atoms with Crippen LogP contribution in [0.5, 0.6) is 0 Å². The molecule has 7 heteroatoms. The molecule has 1 unspecified atom stereocenters. The van der Waals surface area contributed by atoms with Gasteiger partial charge in [-0.25, -0.2) is 4.79 Å². The van der Waals surface area contributed by atoms with E-state index < -0.39 is 24.3 Å². The standard InChI is InChI=1S/C29H28N2O5/c1-31(22-12-6-3-7-13-22)28(33)24(16-17-35-19-21-10-4-2-5-11-21)27(32)20-36-29(34)25-18-30-26-15-9-8-14-23(25)26/h2-15,18,24,30H,16-17,19-20H2,1H3. The summed E-state index contributed by atoms with van der Waals surface area (Å²) in [4.78, 5) is 43.6. The van der Waals surface area contributed by atoms with Crippen LogP contribution in [-0.4, -0.2) is 42.9 Å². The summed E-state index contributed by atoms with van der Waals surface area (Å²) >= 11 is 0. The fourth-order valence-electron chi connectivity index (χ4n) is 3.96. The van der Waals surface area contributed by atoms with Gasteiger partial charge in [-0.2, -0.15) is 0 Å². The maximum atomic E-state index is 13.3. The number of nitrogens with one attached hydrogen (secondary N) is 1. The summed E-state index contributed by atoms with van der Waals surface area (Å²) in [5, 5.41) is 0.709. The van der Waals surface area contributed by atoms with Crippen molar-refractivity contribution in [1.82, 2.24) is 4.98 Å². The number of H-pyrrole nitrogens is 1. The normalized spacial score (nSPS) is 11.7. The molecule has 36 heavy (non-hydrogen) atoms. The lowest BCUT2D eigenvalue weighted by molar-refractivity contribution is -0.135. The van der Waals surface area contributed by atoms with E-state index >= 15 is 0 Å². The average molecular weight is 485 g/mol. The predicted octanol–water partition coefficient (Wildman–Crippen LogP) is 4.78. The van der Waals surface area contributed by atoms with E-state index in [2.05, 4.69) is 4.98 Å². The van der Waals surface area contributed by atoms with Gasteiger partial charge in [-0.3, -0.25) is 9.59 Å². The molecular formula is C29H28N2O5. The summed E-state index contributed by atoms with van der Waals surface area (Å²) < 4.78 is 11.1. The zero-order valence-electron chi connectivity index (χ0n) is 20.1. The Morgan fingerprint density at radius 3 is 2.31 bits per heavy atom. The van der Waals surface area contributed by atoms with Crippen LogP contribution in [0.2, 0.25) is 0 Å². The number of aromatic amines is 1. The van der Waals surface area contributed by atoms with Crippen molar-refractivity contribution in [2.45, 2.75) is 13.0 Å². The lowest BCUT2D eigenvalue weighted by Crippen LogP contribution is -2.39. The van der Waals surface area contributed by atoms with Gasteiger partial charge in [-0.05, 0) is 30.2 Å². The Balaban J connectivity index is 1.41. The number of carbonyl (C=O) groups excluding carboxylic acids is 3. The third-order valence-corrected chi connectivity index (χ3v) is 5.98. The summed E-state index contributed by atoms with van der Waals surface area (Å²) in [5.41, 5.74) is 2.81. The van der Waals surface area contributed by atoms with Crippen LogP contribution >= 0.6 is 0 Å². The first-order chi connectivity index (χ1) is 17.5. The Morgan fingerprint density at radius 1 is 0.889 bits per heavy atom. The SMILES string of the molecule is CN(C(=O)C(CCOCc1ccccc1)C(=O)COC(=O)c1c[nH]c2ccccc12)c1ccccc1. The molecule has 4 rings (SSSR count). The Bertz CT molecular complexity index is 1320. The minimum atomic E-state index is -1.01. The molecule has 0 aliphatic rings. The molecule has 3 aromatic carbocycles. The van der Waals surface area contributed by atoms with Crippen LogP contribution < -0.4 is 4.90 Å². The van der Waals surface area contributed by atoms with E-state index in [0.29, 0.717) is 23.2 Å². The number of hydrogen-bond acceptors (Lipinski definition) is 5. The van der Waals surface area contributed by atoms with Gasteiger partial charge >= 0.3 is 5.97 Å². The molecule has 1 heterocycles. The number of fused-ring (bicyclic) bond motifs is 1. The van der Waals surface area contributed by atoms with Gasteiger partial charge in [0, 0.05) is 36.4 Å². The van der Waals surface area contributed by atoms with Crippen molar-refractivity contribution in [2.24, 2.45) is 5.92 Å². The Kier molecular flexibility index (Phi) is 8.26. The zero-order chi connectivity index (χ0) is 25.3. The fourth-order valence-corrected chi connectivity index (χ4v) is 3.96. The van der Waals surface area contributed by atoms with Crippen LogP contribution in [-0.2, 0) is 25.7 Å². The molecule has 184 valence electrons. The van der Waals surface area contributed by atoms with Gasteiger partial charge in [0.2, 0.25) is 5.91 Å². The number of esters is 1. The number of benzene rings is 3. The van der Waals surface area contributed by atoms with Crippen LogP contribution in [0.25, 0.3) is 10.9 Å².